The Hall–Kier alpha value is -0.890. The van der Waals surface area contributed by atoms with Crippen LogP contribution in [0.5, 0.6) is 0 Å². The van der Waals surface area contributed by atoms with Gasteiger partial charge in [-0.15, -0.1) is 12.4 Å². The maximum absolute atomic E-state index is 12.1. The van der Waals surface area contributed by atoms with Gasteiger partial charge in [-0.1, -0.05) is 0 Å². The lowest BCUT2D eigenvalue weighted by atomic mass is 10.2. The average Bonchev–Trinajstić information content (AvgIpc) is 2.49. The van der Waals surface area contributed by atoms with Gasteiger partial charge in [-0.05, 0) is 0 Å². The van der Waals surface area contributed by atoms with Gasteiger partial charge in [0.05, 0.1) is 33.0 Å². The number of ether oxygens (including phenoxy) is 2. The van der Waals surface area contributed by atoms with Gasteiger partial charge >= 0.3 is 0 Å². The molecule has 8 heteroatoms. The Kier molecular flexibility index (Phi) is 7.95. The van der Waals surface area contributed by atoms with Crippen molar-refractivity contribution in [3.8, 4) is 0 Å². The molecule has 2 saturated heterocycles. The number of halogens is 1. The third kappa shape index (κ3) is 5.78. The standard InChI is InChI=1S/C13H23N3O4.ClH/c1-15(9-13(18)16-3-6-19-7-4-16)12(17)8-11-10-20-5-2-14-11;/h11,14H,2-10H2,1H3;1H. The van der Waals surface area contributed by atoms with Gasteiger partial charge in [0, 0.05) is 39.1 Å². The van der Waals surface area contributed by atoms with E-state index in [0.29, 0.717) is 45.9 Å². The second-order valence-electron chi connectivity index (χ2n) is 5.17. The molecule has 1 unspecified atom stereocenters. The number of nitrogens with zero attached hydrogens (tertiary/aromatic N) is 2. The summed E-state index contributed by atoms with van der Waals surface area (Å²) in [6.45, 7) is 4.52. The maximum atomic E-state index is 12.1. The van der Waals surface area contributed by atoms with Crippen LogP contribution in [0, 0.1) is 0 Å². The van der Waals surface area contributed by atoms with Crippen molar-refractivity contribution >= 4 is 24.2 Å². The number of carbonyl (C=O) groups is 2. The Labute approximate surface area is 131 Å². The molecule has 2 amide bonds. The van der Waals surface area contributed by atoms with E-state index in [9.17, 15) is 9.59 Å². The molecule has 2 aliphatic rings. The van der Waals surface area contributed by atoms with Crippen LogP contribution in [-0.2, 0) is 19.1 Å². The molecule has 0 aliphatic carbocycles. The molecule has 1 atom stereocenters. The third-order valence-electron chi connectivity index (χ3n) is 3.58. The van der Waals surface area contributed by atoms with E-state index in [4.69, 9.17) is 9.47 Å². The summed E-state index contributed by atoms with van der Waals surface area (Å²) in [4.78, 5) is 27.3. The molecule has 2 heterocycles. The molecule has 21 heavy (non-hydrogen) atoms. The first-order valence-corrected chi connectivity index (χ1v) is 7.07. The zero-order valence-electron chi connectivity index (χ0n) is 12.4. The van der Waals surface area contributed by atoms with E-state index in [1.807, 2.05) is 0 Å². The summed E-state index contributed by atoms with van der Waals surface area (Å²) in [6.07, 6.45) is 0.368. The number of likely N-dealkylation sites (N-methyl/N-ethyl adjacent to an activating group) is 1. The van der Waals surface area contributed by atoms with Crippen molar-refractivity contribution in [1.82, 2.24) is 15.1 Å². The second-order valence-corrected chi connectivity index (χ2v) is 5.17. The van der Waals surface area contributed by atoms with Crippen LogP contribution in [0.2, 0.25) is 0 Å². The molecular weight excluding hydrogens is 298 g/mol. The molecule has 122 valence electrons. The Morgan fingerprint density at radius 1 is 1.24 bits per heavy atom. The molecule has 0 bridgehead atoms. The van der Waals surface area contributed by atoms with E-state index >= 15 is 0 Å². The first-order valence-electron chi connectivity index (χ1n) is 7.07. The van der Waals surface area contributed by atoms with Crippen LogP contribution in [-0.4, -0.2) is 87.3 Å². The van der Waals surface area contributed by atoms with Crippen molar-refractivity contribution in [3.63, 3.8) is 0 Å². The number of hydrogen-bond acceptors (Lipinski definition) is 5. The van der Waals surface area contributed by atoms with Crippen LogP contribution >= 0.6 is 12.4 Å². The highest BCUT2D eigenvalue weighted by Crippen LogP contribution is 2.03. The van der Waals surface area contributed by atoms with Crippen molar-refractivity contribution in [2.75, 3.05) is 59.7 Å². The molecule has 7 nitrogen and oxygen atoms in total. The largest absolute Gasteiger partial charge is 0.378 e. The predicted molar refractivity (Wildman–Crippen MR) is 79.5 cm³/mol. The fourth-order valence-electron chi connectivity index (χ4n) is 2.32. The highest BCUT2D eigenvalue weighted by atomic mass is 35.5. The lowest BCUT2D eigenvalue weighted by Crippen LogP contribution is -2.48. The molecule has 0 saturated carbocycles. The minimum Gasteiger partial charge on any atom is -0.378 e. The maximum Gasteiger partial charge on any atom is 0.242 e. The van der Waals surface area contributed by atoms with Crippen LogP contribution < -0.4 is 5.32 Å². The second kappa shape index (κ2) is 9.19. The Bertz CT molecular complexity index is 344. The summed E-state index contributed by atoms with van der Waals surface area (Å²) in [5, 5.41) is 3.24. The molecule has 1 N–H and O–H groups in total. The Morgan fingerprint density at radius 3 is 2.57 bits per heavy atom. The van der Waals surface area contributed by atoms with Crippen LogP contribution in [0.15, 0.2) is 0 Å². The summed E-state index contributed by atoms with van der Waals surface area (Å²) in [5.41, 5.74) is 0. The Morgan fingerprint density at radius 2 is 1.95 bits per heavy atom. The smallest absolute Gasteiger partial charge is 0.242 e. The van der Waals surface area contributed by atoms with Crippen LogP contribution in [0.3, 0.4) is 0 Å². The topological polar surface area (TPSA) is 71.1 Å². The number of amides is 2. The van der Waals surface area contributed by atoms with E-state index in [1.54, 1.807) is 11.9 Å². The molecule has 0 spiro atoms. The van der Waals surface area contributed by atoms with E-state index in [0.717, 1.165) is 6.54 Å². The third-order valence-corrected chi connectivity index (χ3v) is 3.58. The minimum atomic E-state index is -0.0328. The first-order chi connectivity index (χ1) is 9.66. The summed E-state index contributed by atoms with van der Waals surface area (Å²) in [6, 6.07) is 0.0530. The summed E-state index contributed by atoms with van der Waals surface area (Å²) in [7, 11) is 1.67. The fourth-order valence-corrected chi connectivity index (χ4v) is 2.32. The van der Waals surface area contributed by atoms with Crippen molar-refractivity contribution in [1.29, 1.82) is 0 Å². The molecule has 2 rings (SSSR count). The van der Waals surface area contributed by atoms with Gasteiger partial charge in [-0.2, -0.15) is 0 Å². The van der Waals surface area contributed by atoms with E-state index in [-0.39, 0.29) is 36.8 Å². The summed E-state index contributed by atoms with van der Waals surface area (Å²) < 4.78 is 10.5. The number of carbonyl (C=O) groups excluding carboxylic acids is 2. The van der Waals surface area contributed by atoms with Crippen molar-refractivity contribution in [3.05, 3.63) is 0 Å². The van der Waals surface area contributed by atoms with Crippen LogP contribution in [0.1, 0.15) is 6.42 Å². The quantitative estimate of drug-likeness (QED) is 0.727. The average molecular weight is 322 g/mol. The van der Waals surface area contributed by atoms with Gasteiger partial charge in [0.2, 0.25) is 11.8 Å². The zero-order valence-corrected chi connectivity index (χ0v) is 13.2. The van der Waals surface area contributed by atoms with Gasteiger partial charge in [0.25, 0.3) is 0 Å². The van der Waals surface area contributed by atoms with E-state index < -0.39 is 0 Å². The number of rotatable bonds is 4. The molecule has 0 aromatic heterocycles. The lowest BCUT2D eigenvalue weighted by molar-refractivity contribution is -0.142. The van der Waals surface area contributed by atoms with Crippen molar-refractivity contribution in [2.24, 2.45) is 0 Å². The SMILES string of the molecule is CN(CC(=O)N1CCOCC1)C(=O)CC1COCCN1.Cl. The molecule has 0 aromatic rings. The van der Waals surface area contributed by atoms with Gasteiger partial charge in [0.15, 0.2) is 0 Å². The van der Waals surface area contributed by atoms with Gasteiger partial charge < -0.3 is 24.6 Å². The normalized spacial score (nSPS) is 22.3. The van der Waals surface area contributed by atoms with Crippen molar-refractivity contribution in [2.45, 2.75) is 12.5 Å². The Balaban J connectivity index is 0.00000220. The summed E-state index contributed by atoms with van der Waals surface area (Å²) in [5.74, 6) is -0.0494. The highest BCUT2D eigenvalue weighted by molar-refractivity contribution is 5.85. The molecule has 0 radical (unpaired) electrons. The van der Waals surface area contributed by atoms with Gasteiger partial charge in [-0.25, -0.2) is 0 Å². The number of nitrogens with one attached hydrogen (secondary N) is 1. The van der Waals surface area contributed by atoms with Gasteiger partial charge in [-0.3, -0.25) is 9.59 Å². The molecule has 2 fully saturated rings. The predicted octanol–water partition coefficient (Wildman–Crippen LogP) is -0.896. The molecule has 2 aliphatic heterocycles. The van der Waals surface area contributed by atoms with Gasteiger partial charge in [0.1, 0.15) is 0 Å². The zero-order chi connectivity index (χ0) is 14.4. The first kappa shape index (κ1) is 18.2. The highest BCUT2D eigenvalue weighted by Gasteiger charge is 2.23. The number of hydrogen-bond donors (Lipinski definition) is 1. The number of morpholine rings is 2. The van der Waals surface area contributed by atoms with Crippen LogP contribution in [0.4, 0.5) is 0 Å². The van der Waals surface area contributed by atoms with E-state index in [2.05, 4.69) is 5.32 Å². The monoisotopic (exact) mass is 321 g/mol. The molecule has 0 aromatic carbocycles. The molecular formula is C13H24ClN3O4. The minimum absolute atomic E-state index is 0. The summed E-state index contributed by atoms with van der Waals surface area (Å²) >= 11 is 0. The van der Waals surface area contributed by atoms with E-state index in [1.165, 1.54) is 4.90 Å². The lowest BCUT2D eigenvalue weighted by Gasteiger charge is -2.29. The van der Waals surface area contributed by atoms with Crippen molar-refractivity contribution < 1.29 is 19.1 Å². The fraction of sp³-hybridized carbons (Fsp3) is 0.846. The van der Waals surface area contributed by atoms with Crippen LogP contribution in [0.25, 0.3) is 0 Å².